The van der Waals surface area contributed by atoms with Crippen LogP contribution in [0.5, 0.6) is 0 Å². The van der Waals surface area contributed by atoms with Crippen molar-refractivity contribution in [2.24, 2.45) is 0 Å². The number of nitrogens with one attached hydrogen (secondary N) is 1. The van der Waals surface area contributed by atoms with Gasteiger partial charge in [-0.25, -0.2) is 9.97 Å². The second-order valence-electron chi connectivity index (χ2n) is 5.39. The summed E-state index contributed by atoms with van der Waals surface area (Å²) in [7, 11) is 0. The van der Waals surface area contributed by atoms with Gasteiger partial charge in [0.25, 0.3) is 0 Å². The summed E-state index contributed by atoms with van der Waals surface area (Å²) in [5.74, 6) is 2.48. The summed E-state index contributed by atoms with van der Waals surface area (Å²) < 4.78 is 0. The van der Waals surface area contributed by atoms with Gasteiger partial charge in [0.15, 0.2) is 5.82 Å². The second-order valence-corrected chi connectivity index (χ2v) is 6.33. The molecule has 0 saturated heterocycles. The molecule has 3 nitrogen and oxygen atoms in total. The molecule has 3 rings (SSSR count). The summed E-state index contributed by atoms with van der Waals surface area (Å²) in [6, 6.07) is 6.32. The van der Waals surface area contributed by atoms with Crippen LogP contribution in [-0.2, 0) is 0 Å². The monoisotopic (exact) mass is 287 g/mol. The van der Waals surface area contributed by atoms with E-state index in [2.05, 4.69) is 40.8 Å². The third kappa shape index (κ3) is 3.01. The lowest BCUT2D eigenvalue weighted by molar-refractivity contribution is 0.695. The van der Waals surface area contributed by atoms with Gasteiger partial charge in [-0.15, -0.1) is 11.3 Å². The van der Waals surface area contributed by atoms with Crippen LogP contribution in [-0.4, -0.2) is 16.5 Å². The molecule has 2 aromatic rings. The van der Waals surface area contributed by atoms with Crippen LogP contribution in [0.3, 0.4) is 0 Å². The van der Waals surface area contributed by atoms with Crippen LogP contribution in [0.25, 0.3) is 10.7 Å². The molecule has 0 aromatic carbocycles. The SMILES string of the molecule is CCCNc1cc(C2CCCC2)nc(-c2cccs2)n1. The van der Waals surface area contributed by atoms with E-state index in [-0.39, 0.29) is 0 Å². The van der Waals surface area contributed by atoms with Gasteiger partial charge in [-0.1, -0.05) is 25.8 Å². The van der Waals surface area contributed by atoms with E-state index in [9.17, 15) is 0 Å². The zero-order chi connectivity index (χ0) is 13.8. The van der Waals surface area contributed by atoms with Gasteiger partial charge < -0.3 is 5.32 Å². The van der Waals surface area contributed by atoms with Gasteiger partial charge in [-0.2, -0.15) is 0 Å². The van der Waals surface area contributed by atoms with Crippen LogP contribution in [0.4, 0.5) is 5.82 Å². The van der Waals surface area contributed by atoms with Crippen LogP contribution in [0.1, 0.15) is 50.6 Å². The van der Waals surface area contributed by atoms with Crippen LogP contribution in [0.2, 0.25) is 0 Å². The lowest BCUT2D eigenvalue weighted by Crippen LogP contribution is -2.06. The first-order valence-electron chi connectivity index (χ1n) is 7.53. The Morgan fingerprint density at radius 2 is 2.15 bits per heavy atom. The standard InChI is InChI=1S/C16H21N3S/c1-2-9-17-15-11-13(12-6-3-4-7-12)18-16(19-15)14-8-5-10-20-14/h5,8,10-12H,2-4,6-7,9H2,1H3,(H,17,18,19). The first-order valence-corrected chi connectivity index (χ1v) is 8.41. The average Bonchev–Trinajstić information content (AvgIpc) is 3.17. The molecule has 1 N–H and O–H groups in total. The molecule has 0 unspecified atom stereocenters. The summed E-state index contributed by atoms with van der Waals surface area (Å²) in [4.78, 5) is 10.7. The number of rotatable bonds is 5. The average molecular weight is 287 g/mol. The second kappa shape index (κ2) is 6.35. The maximum atomic E-state index is 4.83. The smallest absolute Gasteiger partial charge is 0.171 e. The summed E-state index contributed by atoms with van der Waals surface area (Å²) in [5.41, 5.74) is 1.22. The first-order chi connectivity index (χ1) is 9.86. The van der Waals surface area contributed by atoms with Crippen LogP contribution in [0.15, 0.2) is 23.6 Å². The highest BCUT2D eigenvalue weighted by atomic mass is 32.1. The Balaban J connectivity index is 1.94. The minimum absolute atomic E-state index is 0.624. The molecule has 1 aliphatic carbocycles. The molecule has 1 fully saturated rings. The van der Waals surface area contributed by atoms with Crippen LogP contribution in [0, 0.1) is 0 Å². The molecule has 20 heavy (non-hydrogen) atoms. The summed E-state index contributed by atoms with van der Waals surface area (Å²) in [6.07, 6.45) is 6.32. The van der Waals surface area contributed by atoms with E-state index < -0.39 is 0 Å². The largest absolute Gasteiger partial charge is 0.370 e. The Morgan fingerprint density at radius 1 is 1.30 bits per heavy atom. The minimum atomic E-state index is 0.624. The third-order valence-electron chi connectivity index (χ3n) is 3.82. The van der Waals surface area contributed by atoms with Gasteiger partial charge >= 0.3 is 0 Å². The third-order valence-corrected chi connectivity index (χ3v) is 4.68. The van der Waals surface area contributed by atoms with Gasteiger partial charge in [0.05, 0.1) is 4.88 Å². The van der Waals surface area contributed by atoms with E-state index in [0.717, 1.165) is 29.5 Å². The molecule has 106 valence electrons. The number of hydrogen-bond acceptors (Lipinski definition) is 4. The quantitative estimate of drug-likeness (QED) is 0.867. The van der Waals surface area contributed by atoms with Crippen molar-refractivity contribution < 1.29 is 0 Å². The fraction of sp³-hybridized carbons (Fsp3) is 0.500. The van der Waals surface area contributed by atoms with E-state index in [1.807, 2.05) is 0 Å². The van der Waals surface area contributed by atoms with E-state index in [1.165, 1.54) is 31.4 Å². The predicted octanol–water partition coefficient (Wildman–Crippen LogP) is 4.68. The Morgan fingerprint density at radius 3 is 2.85 bits per heavy atom. The zero-order valence-corrected chi connectivity index (χ0v) is 12.7. The van der Waals surface area contributed by atoms with Crippen molar-refractivity contribution in [3.05, 3.63) is 29.3 Å². The Hall–Kier alpha value is -1.42. The molecule has 0 amide bonds. The minimum Gasteiger partial charge on any atom is -0.370 e. The summed E-state index contributed by atoms with van der Waals surface area (Å²) in [5, 5.41) is 5.50. The molecule has 0 spiro atoms. The maximum Gasteiger partial charge on any atom is 0.171 e. The molecule has 0 aliphatic heterocycles. The number of nitrogens with zero attached hydrogens (tertiary/aromatic N) is 2. The molecular weight excluding hydrogens is 266 g/mol. The molecule has 1 saturated carbocycles. The van der Waals surface area contributed by atoms with E-state index in [1.54, 1.807) is 11.3 Å². The highest BCUT2D eigenvalue weighted by Gasteiger charge is 2.20. The number of thiophene rings is 1. The van der Waals surface area contributed by atoms with Crippen molar-refractivity contribution >= 4 is 17.2 Å². The Labute approximate surface area is 124 Å². The van der Waals surface area contributed by atoms with E-state index in [0.29, 0.717) is 5.92 Å². The van der Waals surface area contributed by atoms with E-state index in [4.69, 9.17) is 4.98 Å². The number of aromatic nitrogens is 2. The highest BCUT2D eigenvalue weighted by Crippen LogP contribution is 2.35. The summed E-state index contributed by atoms with van der Waals surface area (Å²) >= 11 is 1.71. The maximum absolute atomic E-state index is 4.83. The first kappa shape index (κ1) is 13.6. The summed E-state index contributed by atoms with van der Waals surface area (Å²) in [6.45, 7) is 3.14. The van der Waals surface area contributed by atoms with Crippen LogP contribution >= 0.6 is 11.3 Å². The molecule has 2 aromatic heterocycles. The molecule has 0 radical (unpaired) electrons. The van der Waals surface area contributed by atoms with Crippen molar-refractivity contribution in [2.75, 3.05) is 11.9 Å². The topological polar surface area (TPSA) is 37.8 Å². The van der Waals surface area contributed by atoms with Gasteiger partial charge in [-0.3, -0.25) is 0 Å². The molecule has 4 heteroatoms. The molecule has 0 bridgehead atoms. The Bertz CT molecular complexity index is 545. The van der Waals surface area contributed by atoms with Crippen molar-refractivity contribution in [3.8, 4) is 10.7 Å². The van der Waals surface area contributed by atoms with Crippen molar-refractivity contribution in [1.29, 1.82) is 0 Å². The van der Waals surface area contributed by atoms with Gasteiger partial charge in [0, 0.05) is 24.2 Å². The fourth-order valence-corrected chi connectivity index (χ4v) is 3.41. The lowest BCUT2D eigenvalue weighted by atomic mass is 10.0. The van der Waals surface area contributed by atoms with Gasteiger partial charge in [0.2, 0.25) is 0 Å². The zero-order valence-electron chi connectivity index (χ0n) is 11.9. The highest BCUT2D eigenvalue weighted by molar-refractivity contribution is 7.13. The Kier molecular flexibility index (Phi) is 4.31. The molecule has 2 heterocycles. The lowest BCUT2D eigenvalue weighted by Gasteiger charge is -2.12. The molecular formula is C16H21N3S. The van der Waals surface area contributed by atoms with Gasteiger partial charge in [-0.05, 0) is 30.7 Å². The fourth-order valence-electron chi connectivity index (χ4n) is 2.76. The van der Waals surface area contributed by atoms with Crippen molar-refractivity contribution in [2.45, 2.75) is 44.9 Å². The van der Waals surface area contributed by atoms with Crippen LogP contribution < -0.4 is 5.32 Å². The number of anilines is 1. The molecule has 1 aliphatic rings. The van der Waals surface area contributed by atoms with Crippen molar-refractivity contribution in [3.63, 3.8) is 0 Å². The predicted molar refractivity (Wildman–Crippen MR) is 85.3 cm³/mol. The normalized spacial score (nSPS) is 15.7. The van der Waals surface area contributed by atoms with Gasteiger partial charge in [0.1, 0.15) is 5.82 Å². The van der Waals surface area contributed by atoms with Crippen molar-refractivity contribution in [1.82, 2.24) is 9.97 Å². The molecule has 0 atom stereocenters. The number of hydrogen-bond donors (Lipinski definition) is 1. The van der Waals surface area contributed by atoms with E-state index >= 15 is 0 Å².